The summed E-state index contributed by atoms with van der Waals surface area (Å²) in [4.78, 5) is 8.17. The van der Waals surface area contributed by atoms with Crippen molar-refractivity contribution in [3.8, 4) is 11.5 Å². The Morgan fingerprint density at radius 2 is 2.09 bits per heavy atom. The predicted octanol–water partition coefficient (Wildman–Crippen LogP) is 3.08. The third kappa shape index (κ3) is 4.03. The van der Waals surface area contributed by atoms with Crippen molar-refractivity contribution in [3.05, 3.63) is 35.5 Å². The fourth-order valence-electron chi connectivity index (χ4n) is 2.70. The van der Waals surface area contributed by atoms with Gasteiger partial charge >= 0.3 is 0 Å². The number of hydrogen-bond acceptors (Lipinski definition) is 6. The van der Waals surface area contributed by atoms with E-state index in [1.165, 1.54) is 6.20 Å². The van der Waals surface area contributed by atoms with Gasteiger partial charge in [-0.3, -0.25) is 0 Å². The number of aliphatic hydroxyl groups is 1. The van der Waals surface area contributed by atoms with Crippen LogP contribution in [0.15, 0.2) is 30.5 Å². The van der Waals surface area contributed by atoms with Gasteiger partial charge in [0.2, 0.25) is 5.95 Å². The van der Waals surface area contributed by atoms with Gasteiger partial charge in [0.1, 0.15) is 5.75 Å². The number of halogens is 1. The maximum atomic E-state index is 9.91. The smallest absolute Gasteiger partial charge is 0.222 e. The Hall–Kier alpha value is -2.05. The molecule has 23 heavy (non-hydrogen) atoms. The fourth-order valence-corrected chi connectivity index (χ4v) is 2.82. The summed E-state index contributed by atoms with van der Waals surface area (Å²) in [7, 11) is 0. The Balaban J connectivity index is 1.73. The van der Waals surface area contributed by atoms with Crippen LogP contribution in [-0.4, -0.2) is 27.7 Å². The third-order valence-corrected chi connectivity index (χ3v) is 4.22. The number of ether oxygens (including phenoxy) is 1. The first kappa shape index (κ1) is 15.8. The number of nitrogen functional groups attached to an aromatic ring is 1. The molecule has 1 aromatic heterocycles. The molecule has 6 nitrogen and oxygen atoms in total. The summed E-state index contributed by atoms with van der Waals surface area (Å²) in [5, 5.41) is 13.8. The van der Waals surface area contributed by atoms with Crippen LogP contribution in [-0.2, 0) is 0 Å². The Kier molecular flexibility index (Phi) is 4.83. The van der Waals surface area contributed by atoms with Gasteiger partial charge in [-0.1, -0.05) is 18.0 Å². The second kappa shape index (κ2) is 7.02. The first-order valence-corrected chi connectivity index (χ1v) is 7.97. The maximum absolute atomic E-state index is 9.91. The summed E-state index contributed by atoms with van der Waals surface area (Å²) in [6, 6.07) is 7.03. The van der Waals surface area contributed by atoms with Gasteiger partial charge in [-0.05, 0) is 37.1 Å². The van der Waals surface area contributed by atoms with Crippen LogP contribution in [0.5, 0.6) is 11.5 Å². The Labute approximate surface area is 139 Å². The minimum atomic E-state index is -0.262. The summed E-state index contributed by atoms with van der Waals surface area (Å²) in [6.45, 7) is 0.620. The van der Waals surface area contributed by atoms with Gasteiger partial charge in [-0.2, -0.15) is 4.98 Å². The molecule has 3 rings (SSSR count). The van der Waals surface area contributed by atoms with Crippen LogP contribution >= 0.6 is 11.6 Å². The molecule has 4 N–H and O–H groups in total. The first-order valence-electron chi connectivity index (χ1n) is 7.59. The van der Waals surface area contributed by atoms with Gasteiger partial charge in [-0.25, -0.2) is 4.98 Å². The van der Waals surface area contributed by atoms with E-state index >= 15 is 0 Å². The Bertz CT molecular complexity index is 666. The van der Waals surface area contributed by atoms with Crippen LogP contribution in [0, 0.1) is 5.92 Å². The van der Waals surface area contributed by atoms with Crippen LogP contribution in [0.2, 0.25) is 5.02 Å². The second-order valence-corrected chi connectivity index (χ2v) is 6.07. The number of nitrogens with two attached hydrogens (primary N) is 1. The summed E-state index contributed by atoms with van der Waals surface area (Å²) in [5.41, 5.74) is 5.67. The lowest BCUT2D eigenvalue weighted by atomic mass is 10.1. The number of benzene rings is 1. The lowest BCUT2D eigenvalue weighted by Gasteiger charge is -2.17. The molecule has 1 saturated carbocycles. The standard InChI is InChI=1S/C16H19ClN4O2/c17-11-4-6-12(7-5-11)23-14-9-20-16(18)21-15(14)19-8-10-2-1-3-13(10)22/h4-7,9-10,13,22H,1-3,8H2,(H3,18,19,20,21)/t10-,13-/m0/s1. The van der Waals surface area contributed by atoms with Crippen molar-refractivity contribution >= 4 is 23.4 Å². The van der Waals surface area contributed by atoms with E-state index in [1.54, 1.807) is 24.3 Å². The van der Waals surface area contributed by atoms with E-state index in [9.17, 15) is 5.11 Å². The zero-order valence-corrected chi connectivity index (χ0v) is 13.3. The SMILES string of the molecule is Nc1ncc(Oc2ccc(Cl)cc2)c(NC[C@@H]2CCC[C@@H]2O)n1. The molecule has 1 aliphatic rings. The average Bonchev–Trinajstić information content (AvgIpc) is 2.95. The highest BCUT2D eigenvalue weighted by molar-refractivity contribution is 6.30. The second-order valence-electron chi connectivity index (χ2n) is 5.64. The molecule has 0 aliphatic heterocycles. The lowest BCUT2D eigenvalue weighted by molar-refractivity contribution is 0.138. The third-order valence-electron chi connectivity index (χ3n) is 3.97. The van der Waals surface area contributed by atoms with E-state index in [0.29, 0.717) is 28.9 Å². The molecule has 1 heterocycles. The summed E-state index contributed by atoms with van der Waals surface area (Å²) in [6.07, 6.45) is 4.18. The molecule has 1 fully saturated rings. The van der Waals surface area contributed by atoms with Crippen molar-refractivity contribution < 1.29 is 9.84 Å². The molecule has 2 aromatic rings. The molecule has 7 heteroatoms. The van der Waals surface area contributed by atoms with E-state index in [2.05, 4.69) is 15.3 Å². The molecule has 1 aliphatic carbocycles. The molecule has 0 spiro atoms. The number of nitrogens with one attached hydrogen (secondary N) is 1. The van der Waals surface area contributed by atoms with Gasteiger partial charge in [0.25, 0.3) is 0 Å². The van der Waals surface area contributed by atoms with Gasteiger partial charge in [0, 0.05) is 17.5 Å². The molecule has 0 bridgehead atoms. The topological polar surface area (TPSA) is 93.3 Å². The first-order chi connectivity index (χ1) is 11.1. The van der Waals surface area contributed by atoms with Crippen molar-refractivity contribution in [1.29, 1.82) is 0 Å². The number of anilines is 2. The molecular formula is C16H19ClN4O2. The largest absolute Gasteiger partial charge is 0.452 e. The molecule has 1 aromatic carbocycles. The monoisotopic (exact) mass is 334 g/mol. The van der Waals surface area contributed by atoms with Crippen LogP contribution in [0.25, 0.3) is 0 Å². The minimum Gasteiger partial charge on any atom is -0.452 e. The van der Waals surface area contributed by atoms with Gasteiger partial charge < -0.3 is 20.9 Å². The predicted molar refractivity (Wildman–Crippen MR) is 89.8 cm³/mol. The highest BCUT2D eigenvalue weighted by Crippen LogP contribution is 2.30. The number of rotatable bonds is 5. The average molecular weight is 335 g/mol. The molecule has 0 saturated heterocycles. The highest BCUT2D eigenvalue weighted by atomic mass is 35.5. The summed E-state index contributed by atoms with van der Waals surface area (Å²) in [5.74, 6) is 2.02. The van der Waals surface area contributed by atoms with E-state index in [4.69, 9.17) is 22.1 Å². The lowest BCUT2D eigenvalue weighted by Crippen LogP contribution is -2.22. The van der Waals surface area contributed by atoms with Crippen molar-refractivity contribution in [2.24, 2.45) is 5.92 Å². The normalized spacial score (nSPS) is 20.4. The number of aromatic nitrogens is 2. The Morgan fingerprint density at radius 1 is 1.30 bits per heavy atom. The quantitative estimate of drug-likeness (QED) is 0.778. The van der Waals surface area contributed by atoms with E-state index in [-0.39, 0.29) is 18.0 Å². The number of nitrogens with zero attached hydrogens (tertiary/aromatic N) is 2. The fraction of sp³-hybridized carbons (Fsp3) is 0.375. The molecular weight excluding hydrogens is 316 g/mol. The van der Waals surface area contributed by atoms with E-state index in [0.717, 1.165) is 19.3 Å². The van der Waals surface area contributed by atoms with E-state index < -0.39 is 0 Å². The van der Waals surface area contributed by atoms with Crippen molar-refractivity contribution in [2.75, 3.05) is 17.6 Å². The zero-order valence-electron chi connectivity index (χ0n) is 12.6. The van der Waals surface area contributed by atoms with Crippen LogP contribution in [0.1, 0.15) is 19.3 Å². The minimum absolute atomic E-state index is 0.169. The van der Waals surface area contributed by atoms with Crippen LogP contribution < -0.4 is 15.8 Å². The van der Waals surface area contributed by atoms with Crippen LogP contribution in [0.3, 0.4) is 0 Å². The van der Waals surface area contributed by atoms with Crippen molar-refractivity contribution in [3.63, 3.8) is 0 Å². The molecule has 0 unspecified atom stereocenters. The Morgan fingerprint density at radius 3 is 2.78 bits per heavy atom. The van der Waals surface area contributed by atoms with Gasteiger partial charge in [-0.15, -0.1) is 0 Å². The van der Waals surface area contributed by atoms with Crippen LogP contribution in [0.4, 0.5) is 11.8 Å². The summed E-state index contributed by atoms with van der Waals surface area (Å²) >= 11 is 5.87. The molecule has 0 radical (unpaired) electrons. The van der Waals surface area contributed by atoms with Gasteiger partial charge in [0.05, 0.1) is 12.3 Å². The van der Waals surface area contributed by atoms with E-state index in [1.807, 2.05) is 0 Å². The van der Waals surface area contributed by atoms with Crippen molar-refractivity contribution in [2.45, 2.75) is 25.4 Å². The summed E-state index contributed by atoms with van der Waals surface area (Å²) < 4.78 is 5.80. The maximum Gasteiger partial charge on any atom is 0.222 e. The van der Waals surface area contributed by atoms with Gasteiger partial charge in [0.15, 0.2) is 11.6 Å². The molecule has 2 atom stereocenters. The number of aliphatic hydroxyl groups excluding tert-OH is 1. The molecule has 122 valence electrons. The molecule has 0 amide bonds. The van der Waals surface area contributed by atoms with Crippen molar-refractivity contribution in [1.82, 2.24) is 9.97 Å². The number of hydrogen-bond donors (Lipinski definition) is 3. The zero-order chi connectivity index (χ0) is 16.2. The highest BCUT2D eigenvalue weighted by Gasteiger charge is 2.25.